The van der Waals surface area contributed by atoms with Crippen molar-refractivity contribution in [1.29, 1.82) is 0 Å². The highest BCUT2D eigenvalue weighted by atomic mass is 16.6. The molecule has 0 fully saturated rings. The van der Waals surface area contributed by atoms with Gasteiger partial charge in [-0.3, -0.25) is 0 Å². The first-order valence-corrected chi connectivity index (χ1v) is 7.96. The van der Waals surface area contributed by atoms with Gasteiger partial charge in [-0.25, -0.2) is 4.79 Å². The molecule has 0 radical (unpaired) electrons. The zero-order valence-electron chi connectivity index (χ0n) is 14.9. The van der Waals surface area contributed by atoms with Crippen LogP contribution in [0.5, 0.6) is 0 Å². The summed E-state index contributed by atoms with van der Waals surface area (Å²) in [5, 5.41) is 15.7. The zero-order valence-corrected chi connectivity index (χ0v) is 14.9. The van der Waals surface area contributed by atoms with Crippen molar-refractivity contribution in [2.24, 2.45) is 11.8 Å². The maximum Gasteiger partial charge on any atom is 0.408 e. The number of quaternary nitrogens is 1. The summed E-state index contributed by atoms with van der Waals surface area (Å²) < 4.78 is 5.26. The number of nitrogens with two attached hydrogens (primary N) is 1. The molecule has 0 aliphatic carbocycles. The minimum Gasteiger partial charge on any atom is -0.544 e. The molecule has 0 saturated carbocycles. The van der Waals surface area contributed by atoms with E-state index in [9.17, 15) is 14.7 Å². The van der Waals surface area contributed by atoms with Gasteiger partial charge in [0.2, 0.25) is 0 Å². The standard InChI is InChI=1S/C16H32N2O4/c1-10(2)8-12(18-15(21)22-16(5,6)7)9-17-13(11(3)4)14(19)20/h10-13,17H,8-9H2,1-7H3,(H,18,21)(H,19,20)/t12-,13-/m0/s1. The van der Waals surface area contributed by atoms with Crippen LogP contribution in [-0.4, -0.2) is 36.3 Å². The summed E-state index contributed by atoms with van der Waals surface area (Å²) in [6, 6.07) is -0.759. The molecule has 0 rings (SSSR count). The number of nitrogens with one attached hydrogen (secondary N) is 1. The Morgan fingerprint density at radius 2 is 1.73 bits per heavy atom. The number of carbonyl (C=O) groups is 2. The van der Waals surface area contributed by atoms with Crippen LogP contribution in [0.25, 0.3) is 0 Å². The molecular weight excluding hydrogens is 284 g/mol. The van der Waals surface area contributed by atoms with Gasteiger partial charge in [-0.2, -0.15) is 0 Å². The van der Waals surface area contributed by atoms with E-state index in [1.165, 1.54) is 0 Å². The Kier molecular flexibility index (Phi) is 8.45. The molecule has 0 unspecified atom stereocenters. The summed E-state index contributed by atoms with van der Waals surface area (Å²) in [5.74, 6) is -0.726. The molecule has 0 aliphatic heterocycles. The second-order valence-corrected chi connectivity index (χ2v) is 7.53. The average Bonchev–Trinajstić information content (AvgIpc) is 2.23. The van der Waals surface area contributed by atoms with Crippen LogP contribution < -0.4 is 15.7 Å². The molecule has 6 nitrogen and oxygen atoms in total. The van der Waals surface area contributed by atoms with Gasteiger partial charge in [-0.1, -0.05) is 27.7 Å². The number of carboxylic acids is 1. The van der Waals surface area contributed by atoms with Gasteiger partial charge in [0, 0.05) is 5.92 Å². The maximum atomic E-state index is 11.9. The van der Waals surface area contributed by atoms with E-state index in [1.807, 2.05) is 13.8 Å². The molecule has 3 N–H and O–H groups in total. The molecule has 0 aliphatic rings. The number of alkyl carbamates (subject to hydrolysis) is 1. The zero-order chi connectivity index (χ0) is 17.5. The Labute approximate surface area is 134 Å². The Hall–Kier alpha value is -1.30. The molecule has 0 heterocycles. The lowest BCUT2D eigenvalue weighted by Crippen LogP contribution is -2.96. The topological polar surface area (TPSA) is 95.1 Å². The second kappa shape index (κ2) is 8.98. The van der Waals surface area contributed by atoms with Gasteiger partial charge in [0.25, 0.3) is 0 Å². The number of rotatable bonds is 8. The number of ether oxygens (including phenoxy) is 1. The molecule has 0 aromatic carbocycles. The Morgan fingerprint density at radius 1 is 1.18 bits per heavy atom. The van der Waals surface area contributed by atoms with Crippen molar-refractivity contribution >= 4 is 12.1 Å². The fourth-order valence-electron chi connectivity index (χ4n) is 2.21. The highest BCUT2D eigenvalue weighted by Crippen LogP contribution is 2.08. The summed E-state index contributed by atoms with van der Waals surface area (Å²) in [7, 11) is 0. The van der Waals surface area contributed by atoms with Gasteiger partial charge in [-0.05, 0) is 33.1 Å². The molecule has 1 amide bonds. The number of aliphatic carboxylic acids is 1. The van der Waals surface area contributed by atoms with E-state index in [2.05, 4.69) is 19.2 Å². The predicted molar refractivity (Wildman–Crippen MR) is 83.0 cm³/mol. The van der Waals surface area contributed by atoms with Crippen LogP contribution in [0.3, 0.4) is 0 Å². The van der Waals surface area contributed by atoms with Crippen molar-refractivity contribution in [2.45, 2.75) is 72.6 Å². The van der Waals surface area contributed by atoms with E-state index < -0.39 is 23.7 Å². The first kappa shape index (κ1) is 20.7. The van der Waals surface area contributed by atoms with Crippen LogP contribution in [-0.2, 0) is 9.53 Å². The molecule has 0 spiro atoms. The van der Waals surface area contributed by atoms with Gasteiger partial charge >= 0.3 is 6.09 Å². The van der Waals surface area contributed by atoms with Crippen molar-refractivity contribution in [1.82, 2.24) is 5.32 Å². The molecular formula is C16H32N2O4. The van der Waals surface area contributed by atoms with Gasteiger partial charge < -0.3 is 25.3 Å². The molecule has 0 bridgehead atoms. The summed E-state index contributed by atoms with van der Waals surface area (Å²) in [6.07, 6.45) is 0.286. The van der Waals surface area contributed by atoms with E-state index in [4.69, 9.17) is 4.74 Å². The van der Waals surface area contributed by atoms with Crippen LogP contribution in [0.1, 0.15) is 54.9 Å². The second-order valence-electron chi connectivity index (χ2n) is 7.53. The number of amides is 1. The van der Waals surface area contributed by atoms with E-state index >= 15 is 0 Å². The van der Waals surface area contributed by atoms with Crippen molar-refractivity contribution < 1.29 is 24.7 Å². The van der Waals surface area contributed by atoms with E-state index in [1.54, 1.807) is 26.1 Å². The maximum absolute atomic E-state index is 11.9. The molecule has 0 aromatic rings. The fraction of sp³-hybridized carbons (Fsp3) is 0.875. The summed E-state index contributed by atoms with van der Waals surface area (Å²) in [5.41, 5.74) is -0.554. The lowest BCUT2D eigenvalue weighted by atomic mass is 10.0. The van der Waals surface area contributed by atoms with E-state index in [-0.39, 0.29) is 12.0 Å². The highest BCUT2D eigenvalue weighted by molar-refractivity contribution is 5.69. The molecule has 22 heavy (non-hydrogen) atoms. The molecule has 130 valence electrons. The van der Waals surface area contributed by atoms with Crippen LogP contribution >= 0.6 is 0 Å². The first-order chi connectivity index (χ1) is 9.92. The number of hydrogen-bond acceptors (Lipinski definition) is 4. The van der Waals surface area contributed by atoms with Gasteiger partial charge in [-0.15, -0.1) is 0 Å². The lowest BCUT2D eigenvalue weighted by Gasteiger charge is -2.26. The normalized spacial score (nSPS) is 14.8. The van der Waals surface area contributed by atoms with Gasteiger partial charge in [0.05, 0.1) is 18.6 Å². The van der Waals surface area contributed by atoms with E-state index in [0.29, 0.717) is 12.5 Å². The first-order valence-electron chi connectivity index (χ1n) is 7.96. The van der Waals surface area contributed by atoms with E-state index in [0.717, 1.165) is 6.42 Å². The SMILES string of the molecule is CC(C)C[C@@H](C[NH2+][C@H](C(=O)[O-])C(C)C)NC(=O)OC(C)(C)C. The van der Waals surface area contributed by atoms with Crippen molar-refractivity contribution in [3.05, 3.63) is 0 Å². The average molecular weight is 316 g/mol. The van der Waals surface area contributed by atoms with Crippen LogP contribution in [0.2, 0.25) is 0 Å². The monoisotopic (exact) mass is 316 g/mol. The van der Waals surface area contributed by atoms with Crippen LogP contribution in [0, 0.1) is 11.8 Å². The lowest BCUT2D eigenvalue weighted by molar-refractivity contribution is -0.690. The third-order valence-corrected chi connectivity index (χ3v) is 3.14. The summed E-state index contributed by atoms with van der Waals surface area (Å²) in [6.45, 7) is 13.7. The van der Waals surface area contributed by atoms with Crippen molar-refractivity contribution in [2.75, 3.05) is 6.54 Å². The summed E-state index contributed by atoms with van der Waals surface area (Å²) in [4.78, 5) is 23.0. The molecule has 6 heteroatoms. The van der Waals surface area contributed by atoms with Gasteiger partial charge in [0.15, 0.2) is 0 Å². The minimum absolute atomic E-state index is 0.0359. The predicted octanol–water partition coefficient (Wildman–Crippen LogP) is 0.264. The Morgan fingerprint density at radius 3 is 2.09 bits per heavy atom. The Balaban J connectivity index is 4.64. The van der Waals surface area contributed by atoms with Crippen molar-refractivity contribution in [3.8, 4) is 0 Å². The number of hydrogen-bond donors (Lipinski definition) is 2. The van der Waals surface area contributed by atoms with Gasteiger partial charge in [0.1, 0.15) is 11.6 Å². The largest absolute Gasteiger partial charge is 0.544 e. The third kappa shape index (κ3) is 9.60. The Bertz CT molecular complexity index is 362. The highest BCUT2D eigenvalue weighted by Gasteiger charge is 2.24. The van der Waals surface area contributed by atoms with Crippen LogP contribution in [0.15, 0.2) is 0 Å². The molecule has 0 aromatic heterocycles. The summed E-state index contributed by atoms with van der Waals surface area (Å²) >= 11 is 0. The minimum atomic E-state index is -1.07. The van der Waals surface area contributed by atoms with Crippen molar-refractivity contribution in [3.63, 3.8) is 0 Å². The molecule has 2 atom stereocenters. The van der Waals surface area contributed by atoms with Crippen LogP contribution in [0.4, 0.5) is 4.79 Å². The smallest absolute Gasteiger partial charge is 0.408 e. The number of carboxylic acid groups (broad SMARTS) is 1. The quantitative estimate of drug-likeness (QED) is 0.671. The fourth-order valence-corrected chi connectivity index (χ4v) is 2.21. The molecule has 0 saturated heterocycles. The third-order valence-electron chi connectivity index (χ3n) is 3.14. The number of carbonyl (C=O) groups excluding carboxylic acids is 2.